The number of benzene rings is 1. The van der Waals surface area contributed by atoms with Gasteiger partial charge in [0.1, 0.15) is 6.04 Å². The number of carbonyl (C=O) groups excluding carboxylic acids is 2. The second-order valence-electron chi connectivity index (χ2n) is 6.51. The van der Waals surface area contributed by atoms with Gasteiger partial charge in [-0.1, -0.05) is 0 Å². The number of rotatable bonds is 8. The van der Waals surface area contributed by atoms with Gasteiger partial charge in [0.2, 0.25) is 21.8 Å². The van der Waals surface area contributed by atoms with Crippen molar-refractivity contribution in [3.05, 3.63) is 24.3 Å². The molecule has 27 heavy (non-hydrogen) atoms. The summed E-state index contributed by atoms with van der Waals surface area (Å²) >= 11 is 0. The molecule has 2 amide bonds. The zero-order valence-corrected chi connectivity index (χ0v) is 16.2. The zero-order chi connectivity index (χ0) is 20.4. The molecule has 1 fully saturated rings. The van der Waals surface area contributed by atoms with Crippen molar-refractivity contribution in [2.45, 2.75) is 43.7 Å². The lowest BCUT2D eigenvalue weighted by Crippen LogP contribution is -2.49. The molecule has 1 aromatic carbocycles. The van der Waals surface area contributed by atoms with Gasteiger partial charge in [0.15, 0.2) is 0 Å². The Labute approximate surface area is 158 Å². The van der Waals surface area contributed by atoms with E-state index in [9.17, 15) is 27.9 Å². The SMILES string of the molecule is CC(=O)Nc1ccc(S(=O)(=O)N(C)CC(=O)N(C2CC2)C(C)C(=O)O)cc1. The van der Waals surface area contributed by atoms with Crippen molar-refractivity contribution >= 4 is 33.5 Å². The van der Waals surface area contributed by atoms with Gasteiger partial charge in [0.05, 0.1) is 11.4 Å². The van der Waals surface area contributed by atoms with Gasteiger partial charge >= 0.3 is 5.97 Å². The number of hydrogen-bond donors (Lipinski definition) is 2. The molecular weight excluding hydrogens is 374 g/mol. The quantitative estimate of drug-likeness (QED) is 0.666. The Bertz CT molecular complexity index is 833. The number of anilines is 1. The first kappa shape index (κ1) is 20.8. The highest BCUT2D eigenvalue weighted by molar-refractivity contribution is 7.89. The maximum Gasteiger partial charge on any atom is 0.326 e. The fourth-order valence-electron chi connectivity index (χ4n) is 2.66. The Kier molecular flexibility index (Phi) is 6.22. The summed E-state index contributed by atoms with van der Waals surface area (Å²) in [6.07, 6.45) is 1.43. The maximum atomic E-state index is 12.7. The first-order valence-corrected chi connectivity index (χ1v) is 9.86. The molecule has 2 rings (SSSR count). The number of likely N-dealkylation sites (N-methyl/N-ethyl adjacent to an activating group) is 1. The number of sulfonamides is 1. The summed E-state index contributed by atoms with van der Waals surface area (Å²) in [4.78, 5) is 36.0. The Morgan fingerprint density at radius 2 is 1.78 bits per heavy atom. The Morgan fingerprint density at radius 1 is 1.22 bits per heavy atom. The first-order valence-electron chi connectivity index (χ1n) is 8.42. The van der Waals surface area contributed by atoms with Gasteiger partial charge in [0.25, 0.3) is 0 Å². The molecule has 1 saturated carbocycles. The number of aliphatic carboxylic acids is 1. The van der Waals surface area contributed by atoms with Gasteiger partial charge in [-0.05, 0) is 44.0 Å². The van der Waals surface area contributed by atoms with Crippen molar-refractivity contribution in [1.29, 1.82) is 0 Å². The highest BCUT2D eigenvalue weighted by atomic mass is 32.2. The fourth-order valence-corrected chi connectivity index (χ4v) is 3.78. The normalized spacial score (nSPS) is 15.3. The molecule has 1 aromatic rings. The molecule has 0 bridgehead atoms. The summed E-state index contributed by atoms with van der Waals surface area (Å²) in [7, 11) is -2.67. The molecular formula is C17H23N3O6S. The van der Waals surface area contributed by atoms with Crippen LogP contribution < -0.4 is 5.32 Å². The van der Waals surface area contributed by atoms with Crippen molar-refractivity contribution in [3.63, 3.8) is 0 Å². The van der Waals surface area contributed by atoms with Gasteiger partial charge in [0, 0.05) is 25.7 Å². The maximum absolute atomic E-state index is 12.7. The second-order valence-corrected chi connectivity index (χ2v) is 8.56. The van der Waals surface area contributed by atoms with Crippen LogP contribution >= 0.6 is 0 Å². The monoisotopic (exact) mass is 397 g/mol. The van der Waals surface area contributed by atoms with Crippen LogP contribution in [0.1, 0.15) is 26.7 Å². The minimum Gasteiger partial charge on any atom is -0.480 e. The van der Waals surface area contributed by atoms with Crippen LogP contribution in [-0.4, -0.2) is 66.2 Å². The summed E-state index contributed by atoms with van der Waals surface area (Å²) < 4.78 is 26.2. The van der Waals surface area contributed by atoms with E-state index in [0.29, 0.717) is 18.5 Å². The van der Waals surface area contributed by atoms with Crippen molar-refractivity contribution in [1.82, 2.24) is 9.21 Å². The molecule has 0 radical (unpaired) electrons. The highest BCUT2D eigenvalue weighted by Crippen LogP contribution is 2.29. The highest BCUT2D eigenvalue weighted by Gasteiger charge is 2.39. The summed E-state index contributed by atoms with van der Waals surface area (Å²) in [6.45, 7) is 2.30. The Balaban J connectivity index is 2.12. The lowest BCUT2D eigenvalue weighted by atomic mass is 10.2. The number of hydrogen-bond acceptors (Lipinski definition) is 5. The molecule has 148 valence electrons. The topological polar surface area (TPSA) is 124 Å². The minimum absolute atomic E-state index is 0.0313. The molecule has 1 aliphatic rings. The summed E-state index contributed by atoms with van der Waals surface area (Å²) in [5.74, 6) is -1.95. The van der Waals surface area contributed by atoms with E-state index >= 15 is 0 Å². The van der Waals surface area contributed by atoms with Crippen LogP contribution in [0.3, 0.4) is 0 Å². The lowest BCUT2D eigenvalue weighted by molar-refractivity contribution is -0.150. The van der Waals surface area contributed by atoms with Crippen LogP contribution in [0.4, 0.5) is 5.69 Å². The summed E-state index contributed by atoms with van der Waals surface area (Å²) in [5.41, 5.74) is 0.454. The van der Waals surface area contributed by atoms with Crippen LogP contribution in [0.15, 0.2) is 29.2 Å². The van der Waals surface area contributed by atoms with E-state index < -0.39 is 34.5 Å². The number of carbonyl (C=O) groups is 3. The Morgan fingerprint density at radius 3 is 2.22 bits per heavy atom. The van der Waals surface area contributed by atoms with E-state index in [-0.39, 0.29) is 16.8 Å². The van der Waals surface area contributed by atoms with Crippen LogP contribution in [0.25, 0.3) is 0 Å². The van der Waals surface area contributed by atoms with Crippen molar-refractivity contribution in [2.24, 2.45) is 0 Å². The zero-order valence-electron chi connectivity index (χ0n) is 15.4. The standard InChI is InChI=1S/C17H23N3O6S/c1-11(17(23)24)20(14-6-7-14)16(22)10-19(3)27(25,26)15-8-4-13(5-9-15)18-12(2)21/h4-5,8-9,11,14H,6-7,10H2,1-3H3,(H,18,21)(H,23,24). The molecule has 2 N–H and O–H groups in total. The third-order valence-corrected chi connectivity index (χ3v) is 6.06. The number of carboxylic acids is 1. The molecule has 1 aliphatic carbocycles. The van der Waals surface area contributed by atoms with Crippen LogP contribution in [0, 0.1) is 0 Å². The van der Waals surface area contributed by atoms with Gasteiger partial charge in [-0.2, -0.15) is 4.31 Å². The van der Waals surface area contributed by atoms with Gasteiger partial charge in [-0.25, -0.2) is 13.2 Å². The predicted octanol–water partition coefficient (Wildman–Crippen LogP) is 0.730. The van der Waals surface area contributed by atoms with E-state index in [0.717, 1.165) is 4.31 Å². The average Bonchev–Trinajstić information content (AvgIpc) is 3.39. The third-order valence-electron chi connectivity index (χ3n) is 4.24. The van der Waals surface area contributed by atoms with Gasteiger partial charge in [-0.15, -0.1) is 0 Å². The molecule has 9 nitrogen and oxygen atoms in total. The summed E-state index contributed by atoms with van der Waals surface area (Å²) in [5, 5.41) is 11.7. The van der Waals surface area contributed by atoms with E-state index in [1.165, 1.54) is 50.1 Å². The van der Waals surface area contributed by atoms with Crippen molar-refractivity contribution in [3.8, 4) is 0 Å². The molecule has 1 atom stereocenters. The fraction of sp³-hybridized carbons (Fsp3) is 0.471. The first-order chi connectivity index (χ1) is 12.5. The third kappa shape index (κ3) is 5.04. The molecule has 10 heteroatoms. The minimum atomic E-state index is -3.94. The van der Waals surface area contributed by atoms with Gasteiger partial charge < -0.3 is 15.3 Å². The second kappa shape index (κ2) is 8.05. The predicted molar refractivity (Wildman–Crippen MR) is 97.5 cm³/mol. The van der Waals surface area contributed by atoms with E-state index in [2.05, 4.69) is 5.32 Å². The molecule has 0 aliphatic heterocycles. The van der Waals surface area contributed by atoms with E-state index in [1.54, 1.807) is 0 Å². The lowest BCUT2D eigenvalue weighted by Gasteiger charge is -2.28. The molecule has 0 aromatic heterocycles. The molecule has 0 spiro atoms. The number of nitrogens with zero attached hydrogens (tertiary/aromatic N) is 2. The van der Waals surface area contributed by atoms with E-state index in [1.807, 2.05) is 0 Å². The van der Waals surface area contributed by atoms with Crippen LogP contribution in [-0.2, 0) is 24.4 Å². The average molecular weight is 397 g/mol. The van der Waals surface area contributed by atoms with E-state index in [4.69, 9.17) is 0 Å². The number of nitrogens with one attached hydrogen (secondary N) is 1. The molecule has 0 saturated heterocycles. The van der Waals surface area contributed by atoms with Crippen molar-refractivity contribution in [2.75, 3.05) is 18.9 Å². The van der Waals surface area contributed by atoms with Gasteiger partial charge in [-0.3, -0.25) is 9.59 Å². The number of carboxylic acid groups (broad SMARTS) is 1. The smallest absolute Gasteiger partial charge is 0.326 e. The number of amides is 2. The molecule has 0 heterocycles. The molecule has 1 unspecified atom stereocenters. The van der Waals surface area contributed by atoms with Crippen LogP contribution in [0.2, 0.25) is 0 Å². The largest absolute Gasteiger partial charge is 0.480 e. The summed E-state index contributed by atoms with van der Waals surface area (Å²) in [6, 6.07) is 4.40. The van der Waals surface area contributed by atoms with Crippen molar-refractivity contribution < 1.29 is 27.9 Å². The van der Waals surface area contributed by atoms with Crippen LogP contribution in [0.5, 0.6) is 0 Å². The Hall–Kier alpha value is -2.46.